The fourth-order valence-corrected chi connectivity index (χ4v) is 4.43. The largest absolute Gasteiger partial charge is 0.370 e. The second kappa shape index (κ2) is 7.60. The van der Waals surface area contributed by atoms with Crippen molar-refractivity contribution in [3.8, 4) is 22.5 Å². The van der Waals surface area contributed by atoms with Crippen LogP contribution in [0.5, 0.6) is 0 Å². The zero-order valence-corrected chi connectivity index (χ0v) is 16.5. The van der Waals surface area contributed by atoms with Crippen LogP contribution in [0.25, 0.3) is 32.7 Å². The van der Waals surface area contributed by atoms with E-state index in [1.165, 1.54) is 28.0 Å². The first-order valence-corrected chi connectivity index (χ1v) is 9.91. The number of carbonyl (C=O) groups excluding carboxylic acids is 1. The summed E-state index contributed by atoms with van der Waals surface area (Å²) < 4.78 is 14.9. The molecule has 0 fully saturated rings. The predicted molar refractivity (Wildman–Crippen MR) is 113 cm³/mol. The number of benzene rings is 2. The van der Waals surface area contributed by atoms with Crippen molar-refractivity contribution in [3.05, 3.63) is 75.6 Å². The Bertz CT molecular complexity index is 1260. The van der Waals surface area contributed by atoms with Crippen LogP contribution in [-0.4, -0.2) is 15.5 Å². The molecule has 2 aromatic carbocycles. The monoisotopic (exact) mass is 407 g/mol. The van der Waals surface area contributed by atoms with Crippen LogP contribution < -0.4 is 11.3 Å². The van der Waals surface area contributed by atoms with Gasteiger partial charge in [-0.15, -0.1) is 11.3 Å². The minimum Gasteiger partial charge on any atom is -0.370 e. The van der Waals surface area contributed by atoms with Crippen molar-refractivity contribution in [1.82, 2.24) is 9.55 Å². The van der Waals surface area contributed by atoms with Crippen LogP contribution in [0, 0.1) is 12.7 Å². The average molecular weight is 407 g/mol. The molecule has 0 spiro atoms. The molecule has 5 nitrogen and oxygen atoms in total. The number of nitrogens with zero attached hydrogens (tertiary/aromatic N) is 2. The molecule has 0 aliphatic carbocycles. The van der Waals surface area contributed by atoms with Gasteiger partial charge in [-0.2, -0.15) is 0 Å². The van der Waals surface area contributed by atoms with Gasteiger partial charge in [-0.05, 0) is 24.6 Å². The molecule has 29 heavy (non-hydrogen) atoms. The van der Waals surface area contributed by atoms with Gasteiger partial charge < -0.3 is 5.73 Å². The number of aryl methyl sites for hydroxylation is 1. The third-order valence-corrected chi connectivity index (χ3v) is 5.73. The number of amides is 1. The lowest BCUT2D eigenvalue weighted by Gasteiger charge is -2.12. The smallest absolute Gasteiger partial charge is 0.263 e. The Morgan fingerprint density at radius 1 is 1.10 bits per heavy atom. The lowest BCUT2D eigenvalue weighted by Crippen LogP contribution is -2.26. The van der Waals surface area contributed by atoms with E-state index in [-0.39, 0.29) is 24.3 Å². The molecule has 0 unspecified atom stereocenters. The van der Waals surface area contributed by atoms with Gasteiger partial charge in [0.25, 0.3) is 5.56 Å². The Balaban J connectivity index is 2.01. The number of primary amides is 1. The van der Waals surface area contributed by atoms with Crippen molar-refractivity contribution < 1.29 is 9.18 Å². The average Bonchev–Trinajstić information content (AvgIpc) is 3.04. The van der Waals surface area contributed by atoms with Crippen LogP contribution in [0.1, 0.15) is 11.3 Å². The van der Waals surface area contributed by atoms with E-state index in [0.717, 1.165) is 21.6 Å². The lowest BCUT2D eigenvalue weighted by molar-refractivity contribution is -0.118. The maximum absolute atomic E-state index is 13.5. The molecule has 0 atom stereocenters. The zero-order chi connectivity index (χ0) is 20.5. The fourth-order valence-electron chi connectivity index (χ4n) is 3.40. The maximum atomic E-state index is 13.5. The first kappa shape index (κ1) is 19.0. The van der Waals surface area contributed by atoms with Gasteiger partial charge in [-0.3, -0.25) is 14.2 Å². The number of nitrogens with two attached hydrogens (primary N) is 1. The van der Waals surface area contributed by atoms with Crippen LogP contribution in [0.15, 0.2) is 59.4 Å². The maximum Gasteiger partial charge on any atom is 0.263 e. The Kier molecular flexibility index (Phi) is 4.98. The van der Waals surface area contributed by atoms with Crippen molar-refractivity contribution in [1.29, 1.82) is 0 Å². The molecule has 0 aliphatic rings. The Hall–Kier alpha value is -3.32. The van der Waals surface area contributed by atoms with E-state index in [0.29, 0.717) is 16.0 Å². The Morgan fingerprint density at radius 2 is 1.79 bits per heavy atom. The number of aromatic nitrogens is 2. The minimum absolute atomic E-state index is 0.0297. The molecule has 0 bridgehead atoms. The standard InChI is InChI=1S/C22H18FN3O2S/c1-13-18(14-7-9-16(23)10-8-14)19-21(29-13)25-20(15-5-3-2-4-6-15)26(22(19)28)12-11-17(24)27/h2-10H,11-12H2,1H3,(H2,24,27). The topological polar surface area (TPSA) is 78.0 Å². The van der Waals surface area contributed by atoms with Crippen LogP contribution in [0.4, 0.5) is 4.39 Å². The number of halogens is 1. The Labute approximate surface area is 170 Å². The van der Waals surface area contributed by atoms with Gasteiger partial charge in [-0.25, -0.2) is 9.37 Å². The summed E-state index contributed by atoms with van der Waals surface area (Å²) in [5.41, 5.74) is 7.37. The van der Waals surface area contributed by atoms with Gasteiger partial charge >= 0.3 is 0 Å². The van der Waals surface area contributed by atoms with Crippen molar-refractivity contribution in [2.45, 2.75) is 19.9 Å². The molecule has 4 aromatic rings. The summed E-state index contributed by atoms with van der Waals surface area (Å²) in [6.45, 7) is 2.06. The molecule has 2 N–H and O–H groups in total. The summed E-state index contributed by atoms with van der Waals surface area (Å²) in [5.74, 6) is -0.332. The third-order valence-electron chi connectivity index (χ3n) is 4.73. The molecule has 4 rings (SSSR count). The third kappa shape index (κ3) is 3.56. The molecular formula is C22H18FN3O2S. The summed E-state index contributed by atoms with van der Waals surface area (Å²) in [6, 6.07) is 15.4. The van der Waals surface area contributed by atoms with Gasteiger partial charge in [0.05, 0.1) is 5.39 Å². The van der Waals surface area contributed by atoms with E-state index in [1.54, 1.807) is 12.1 Å². The number of rotatable bonds is 5. The number of thiophene rings is 1. The first-order valence-electron chi connectivity index (χ1n) is 9.09. The molecule has 2 aromatic heterocycles. The van der Waals surface area contributed by atoms with E-state index in [1.807, 2.05) is 37.3 Å². The number of hydrogen-bond acceptors (Lipinski definition) is 4. The van der Waals surface area contributed by atoms with Gasteiger partial charge in [0, 0.05) is 29.0 Å². The summed E-state index contributed by atoms with van der Waals surface area (Å²) in [6.07, 6.45) is 0.0297. The van der Waals surface area contributed by atoms with Crippen LogP contribution in [-0.2, 0) is 11.3 Å². The molecule has 0 saturated heterocycles. The van der Waals surface area contributed by atoms with Gasteiger partial charge in [0.15, 0.2) is 0 Å². The van der Waals surface area contributed by atoms with Gasteiger partial charge in [-0.1, -0.05) is 42.5 Å². The summed E-state index contributed by atoms with van der Waals surface area (Å²) >= 11 is 1.42. The molecular weight excluding hydrogens is 389 g/mol. The highest BCUT2D eigenvalue weighted by molar-refractivity contribution is 7.19. The Morgan fingerprint density at radius 3 is 2.45 bits per heavy atom. The second-order valence-electron chi connectivity index (χ2n) is 6.69. The molecule has 2 heterocycles. The van der Waals surface area contributed by atoms with Crippen molar-refractivity contribution >= 4 is 27.5 Å². The quantitative estimate of drug-likeness (QED) is 0.541. The van der Waals surface area contributed by atoms with E-state index in [2.05, 4.69) is 0 Å². The van der Waals surface area contributed by atoms with E-state index in [4.69, 9.17) is 10.7 Å². The molecule has 0 aliphatic heterocycles. The summed E-state index contributed by atoms with van der Waals surface area (Å²) in [4.78, 5) is 31.2. The number of carbonyl (C=O) groups is 1. The zero-order valence-electron chi connectivity index (χ0n) is 15.7. The molecule has 7 heteroatoms. The first-order chi connectivity index (χ1) is 14.0. The number of hydrogen-bond donors (Lipinski definition) is 1. The molecule has 146 valence electrons. The van der Waals surface area contributed by atoms with Crippen LogP contribution in [0.2, 0.25) is 0 Å². The summed E-state index contributed by atoms with van der Waals surface area (Å²) in [7, 11) is 0. The minimum atomic E-state index is -0.490. The predicted octanol–water partition coefficient (Wildman–Crippen LogP) is 4.11. The van der Waals surface area contributed by atoms with Crippen molar-refractivity contribution in [3.63, 3.8) is 0 Å². The molecule has 0 saturated carbocycles. The molecule has 0 radical (unpaired) electrons. The second-order valence-corrected chi connectivity index (χ2v) is 7.90. The SMILES string of the molecule is Cc1sc2nc(-c3ccccc3)n(CCC(N)=O)c(=O)c2c1-c1ccc(F)cc1. The number of fused-ring (bicyclic) bond motifs is 1. The molecule has 1 amide bonds. The van der Waals surface area contributed by atoms with Gasteiger partial charge in [0.1, 0.15) is 16.5 Å². The van der Waals surface area contributed by atoms with Crippen LogP contribution >= 0.6 is 11.3 Å². The van der Waals surface area contributed by atoms with E-state index in [9.17, 15) is 14.0 Å². The van der Waals surface area contributed by atoms with Crippen LogP contribution in [0.3, 0.4) is 0 Å². The van der Waals surface area contributed by atoms with Crippen molar-refractivity contribution in [2.24, 2.45) is 5.73 Å². The highest BCUT2D eigenvalue weighted by Crippen LogP contribution is 2.36. The normalized spacial score (nSPS) is 11.1. The summed E-state index contributed by atoms with van der Waals surface area (Å²) in [5, 5.41) is 0.475. The van der Waals surface area contributed by atoms with E-state index >= 15 is 0 Å². The van der Waals surface area contributed by atoms with Gasteiger partial charge in [0.2, 0.25) is 5.91 Å². The highest BCUT2D eigenvalue weighted by atomic mass is 32.1. The lowest BCUT2D eigenvalue weighted by atomic mass is 10.0. The van der Waals surface area contributed by atoms with Crippen molar-refractivity contribution in [2.75, 3.05) is 0 Å². The fraction of sp³-hybridized carbons (Fsp3) is 0.136. The van der Waals surface area contributed by atoms with E-state index < -0.39 is 5.91 Å². The highest BCUT2D eigenvalue weighted by Gasteiger charge is 2.20.